The molecule has 5 rings (SSSR count). The molecule has 0 spiro atoms. The van der Waals surface area contributed by atoms with Gasteiger partial charge in [-0.25, -0.2) is 0 Å². The van der Waals surface area contributed by atoms with Crippen molar-refractivity contribution in [2.45, 2.75) is 73.5 Å². The Morgan fingerprint density at radius 3 is 2.63 bits per heavy atom. The highest BCUT2D eigenvalue weighted by Gasteiger charge is 2.47. The van der Waals surface area contributed by atoms with Gasteiger partial charge >= 0.3 is 0 Å². The Morgan fingerprint density at radius 1 is 1.09 bits per heavy atom. The highest BCUT2D eigenvalue weighted by Crippen LogP contribution is 2.38. The molecule has 5 saturated heterocycles. The lowest BCUT2D eigenvalue weighted by molar-refractivity contribution is -0.142. The highest BCUT2D eigenvalue weighted by atomic mass is 35.5. The third-order valence-electron chi connectivity index (χ3n) is 8.23. The van der Waals surface area contributed by atoms with Crippen molar-refractivity contribution >= 4 is 35.2 Å². The number of methoxy groups -OCH3 is 1. The van der Waals surface area contributed by atoms with Gasteiger partial charge in [0.15, 0.2) is 6.23 Å². The van der Waals surface area contributed by atoms with Gasteiger partial charge in [-0.1, -0.05) is 0 Å². The van der Waals surface area contributed by atoms with Crippen LogP contribution in [0.2, 0.25) is 0 Å². The Morgan fingerprint density at radius 2 is 1.91 bits per heavy atom. The molecule has 0 aromatic carbocycles. The largest absolute Gasteiger partial charge is 0.380 e. The fourth-order valence-corrected chi connectivity index (χ4v) is 8.06. The number of amides is 2. The van der Waals surface area contributed by atoms with Gasteiger partial charge in [-0.05, 0) is 38.5 Å². The summed E-state index contributed by atoms with van der Waals surface area (Å²) in [6, 6.07) is 0.515. The van der Waals surface area contributed by atoms with E-state index < -0.39 is 6.23 Å². The highest BCUT2D eigenvalue weighted by molar-refractivity contribution is 8.00. The third-order valence-corrected chi connectivity index (χ3v) is 9.91. The number of thioether (sulfide) groups is 1. The molecule has 5 aliphatic rings. The Hall–Kier alpha value is -0.660. The molecule has 0 aromatic rings. The van der Waals surface area contributed by atoms with Gasteiger partial charge in [0.25, 0.3) is 5.91 Å². The van der Waals surface area contributed by atoms with E-state index in [0.717, 1.165) is 12.8 Å². The van der Waals surface area contributed by atoms with Crippen molar-refractivity contribution < 1.29 is 19.1 Å². The van der Waals surface area contributed by atoms with Crippen LogP contribution in [-0.2, 0) is 19.1 Å². The molecule has 198 valence electrons. The number of rotatable bonds is 5. The van der Waals surface area contributed by atoms with Crippen molar-refractivity contribution in [2.75, 3.05) is 39.8 Å². The Labute approximate surface area is 216 Å². The van der Waals surface area contributed by atoms with Crippen LogP contribution in [0.5, 0.6) is 0 Å². The smallest absolute Gasteiger partial charge is 0.266 e. The second kappa shape index (κ2) is 11.0. The van der Waals surface area contributed by atoms with Crippen LogP contribution in [0.25, 0.3) is 0 Å². The lowest BCUT2D eigenvalue weighted by Crippen LogP contribution is -2.57. The number of ether oxygens (including phenoxy) is 2. The summed E-state index contributed by atoms with van der Waals surface area (Å²) in [4.78, 5) is 28.2. The molecule has 5 heterocycles. The van der Waals surface area contributed by atoms with Crippen LogP contribution in [0, 0.1) is 17.8 Å². The van der Waals surface area contributed by atoms with Gasteiger partial charge < -0.3 is 25.0 Å². The number of alkyl halides is 1. The summed E-state index contributed by atoms with van der Waals surface area (Å²) in [5.41, 5.74) is -0.243. The molecule has 5 N–H and O–H groups in total. The summed E-state index contributed by atoms with van der Waals surface area (Å²) in [5, 5.41) is 17.0. The molecule has 11 unspecified atom stereocenters. The molecule has 12 heteroatoms. The van der Waals surface area contributed by atoms with Crippen molar-refractivity contribution in [1.82, 2.24) is 31.5 Å². The topological polar surface area (TPSA) is 116 Å². The van der Waals surface area contributed by atoms with E-state index in [-0.39, 0.29) is 64.1 Å². The van der Waals surface area contributed by atoms with E-state index in [1.807, 2.05) is 11.8 Å². The summed E-state index contributed by atoms with van der Waals surface area (Å²) in [7, 11) is 1.74. The van der Waals surface area contributed by atoms with Crippen molar-refractivity contribution in [3.63, 3.8) is 0 Å². The average molecular weight is 531 g/mol. The first kappa shape index (κ1) is 26.0. The quantitative estimate of drug-likeness (QED) is 0.235. The monoisotopic (exact) mass is 530 g/mol. The Balaban J connectivity index is 1.16. The van der Waals surface area contributed by atoms with E-state index in [0.29, 0.717) is 38.8 Å². The predicted molar refractivity (Wildman–Crippen MR) is 135 cm³/mol. The molecule has 10 nitrogen and oxygen atoms in total. The molecule has 0 bridgehead atoms. The maximum Gasteiger partial charge on any atom is 0.266 e. The first-order valence-corrected chi connectivity index (χ1v) is 14.2. The van der Waals surface area contributed by atoms with Gasteiger partial charge in [-0.3, -0.25) is 25.5 Å². The van der Waals surface area contributed by atoms with Crippen molar-refractivity contribution in [1.29, 1.82) is 0 Å². The number of hydrogen-bond acceptors (Lipinski definition) is 9. The lowest BCUT2D eigenvalue weighted by atomic mass is 9.70. The van der Waals surface area contributed by atoms with Gasteiger partial charge in [-0.15, -0.1) is 23.4 Å². The number of nitrogens with zero attached hydrogens (tertiary/aromatic N) is 1. The number of carbonyl (C=O) groups is 2. The first-order chi connectivity index (χ1) is 16.8. The molecule has 11 atom stereocenters. The molecule has 5 fully saturated rings. The van der Waals surface area contributed by atoms with Gasteiger partial charge in [0.05, 0.1) is 23.6 Å². The molecule has 5 aliphatic heterocycles. The van der Waals surface area contributed by atoms with Gasteiger partial charge in [0.1, 0.15) is 5.50 Å². The molecular formula is C23H39ClN6O4S. The van der Waals surface area contributed by atoms with Crippen LogP contribution in [0.15, 0.2) is 0 Å². The van der Waals surface area contributed by atoms with Crippen molar-refractivity contribution in [3.05, 3.63) is 0 Å². The normalized spacial score (nSPS) is 45.9. The summed E-state index contributed by atoms with van der Waals surface area (Å²) >= 11 is 8.16. The predicted octanol–water partition coefficient (Wildman–Crippen LogP) is -0.560. The van der Waals surface area contributed by atoms with Crippen LogP contribution in [0.4, 0.5) is 0 Å². The number of halogens is 1. The number of likely N-dealkylation sites (tertiary alicyclic amines) is 1. The SMILES string of the molecule is COC1CNC(Cl)CC1C1CC(C)NCC1C(=O)NC1NC2CN(C(=O)C3NCC(C)O3)CC2S1. The van der Waals surface area contributed by atoms with E-state index in [1.54, 1.807) is 18.9 Å². The second-order valence-electron chi connectivity index (χ2n) is 10.7. The minimum absolute atomic E-state index is 0.00393. The molecule has 0 saturated carbocycles. The number of hydrogen-bond donors (Lipinski definition) is 5. The zero-order valence-corrected chi connectivity index (χ0v) is 22.2. The van der Waals surface area contributed by atoms with E-state index in [4.69, 9.17) is 21.1 Å². The van der Waals surface area contributed by atoms with Gasteiger partial charge in [-0.2, -0.15) is 0 Å². The van der Waals surface area contributed by atoms with Crippen LogP contribution >= 0.6 is 23.4 Å². The van der Waals surface area contributed by atoms with Crippen LogP contribution < -0.4 is 26.6 Å². The molecule has 0 radical (unpaired) electrons. The molecule has 35 heavy (non-hydrogen) atoms. The number of piperidine rings is 2. The summed E-state index contributed by atoms with van der Waals surface area (Å²) in [6.45, 7) is 7.50. The first-order valence-electron chi connectivity index (χ1n) is 12.9. The minimum atomic E-state index is -0.541. The molecule has 2 amide bonds. The van der Waals surface area contributed by atoms with Crippen LogP contribution in [0.3, 0.4) is 0 Å². The number of carbonyl (C=O) groups excluding carboxylic acids is 2. The molecule has 0 aliphatic carbocycles. The zero-order chi connectivity index (χ0) is 24.7. The summed E-state index contributed by atoms with van der Waals surface area (Å²) in [6.07, 6.45) is 1.29. The maximum atomic E-state index is 13.5. The minimum Gasteiger partial charge on any atom is -0.380 e. The lowest BCUT2D eigenvalue weighted by Gasteiger charge is -2.45. The number of fused-ring (bicyclic) bond motifs is 1. The molecule has 0 aromatic heterocycles. The average Bonchev–Trinajstić information content (AvgIpc) is 3.53. The third kappa shape index (κ3) is 5.62. The van der Waals surface area contributed by atoms with Crippen LogP contribution in [0.1, 0.15) is 26.7 Å². The Bertz CT molecular complexity index is 783. The van der Waals surface area contributed by atoms with Gasteiger partial charge in [0, 0.05) is 57.2 Å². The maximum absolute atomic E-state index is 13.5. The molecular weight excluding hydrogens is 492 g/mol. The van der Waals surface area contributed by atoms with Crippen molar-refractivity contribution in [2.24, 2.45) is 17.8 Å². The Kier molecular flexibility index (Phi) is 8.15. The summed E-state index contributed by atoms with van der Waals surface area (Å²) < 4.78 is 11.5. The zero-order valence-electron chi connectivity index (χ0n) is 20.7. The van der Waals surface area contributed by atoms with E-state index >= 15 is 0 Å². The summed E-state index contributed by atoms with van der Waals surface area (Å²) in [5.74, 6) is 0.388. The second-order valence-corrected chi connectivity index (χ2v) is 12.6. The van der Waals surface area contributed by atoms with Crippen molar-refractivity contribution in [3.8, 4) is 0 Å². The number of nitrogens with one attached hydrogen (secondary N) is 5. The van der Waals surface area contributed by atoms with E-state index in [1.165, 1.54) is 0 Å². The van der Waals surface area contributed by atoms with E-state index in [9.17, 15) is 9.59 Å². The van der Waals surface area contributed by atoms with E-state index in [2.05, 4.69) is 33.5 Å². The van der Waals surface area contributed by atoms with Gasteiger partial charge in [0.2, 0.25) is 5.91 Å². The van der Waals surface area contributed by atoms with Crippen LogP contribution in [-0.4, -0.2) is 103 Å². The fourth-order valence-electron chi connectivity index (χ4n) is 6.36. The fraction of sp³-hybridized carbons (Fsp3) is 0.913. The standard InChI is InChI=1S/C23H39ClN6O4S/c1-11-4-13(14-5-19(24)26-8-17(14)33-3)15(7-25-11)20(31)29-23-28-16-9-30(10-18(16)35-23)22(32)21-27-6-12(2)34-21/h11-19,21,23,25-28H,4-10H2,1-3H3,(H,29,31).